The van der Waals surface area contributed by atoms with Gasteiger partial charge in [-0.3, -0.25) is 15.6 Å². The highest BCUT2D eigenvalue weighted by molar-refractivity contribution is 7.89. The van der Waals surface area contributed by atoms with E-state index in [2.05, 4.69) is 16.2 Å². The molecule has 1 aromatic rings. The van der Waals surface area contributed by atoms with Crippen LogP contribution in [0.1, 0.15) is 30.9 Å². The fraction of sp³-hybridized carbons (Fsp3) is 0.529. The zero-order valence-electron chi connectivity index (χ0n) is 15.1. The highest BCUT2D eigenvalue weighted by atomic mass is 32.2. The molecule has 1 fully saturated rings. The van der Waals surface area contributed by atoms with Crippen LogP contribution in [0.25, 0.3) is 0 Å². The molecule has 0 unspecified atom stereocenters. The number of nitrogens with zero attached hydrogens (tertiary/aromatic N) is 1. The quantitative estimate of drug-likeness (QED) is 0.507. The number of carbonyl (C=O) groups excluding carboxylic acids is 1. The molecule has 26 heavy (non-hydrogen) atoms. The van der Waals surface area contributed by atoms with E-state index < -0.39 is 10.0 Å². The van der Waals surface area contributed by atoms with Crippen LogP contribution in [-0.2, 0) is 21.4 Å². The van der Waals surface area contributed by atoms with E-state index in [4.69, 9.17) is 12.2 Å². The molecule has 0 aromatic heterocycles. The van der Waals surface area contributed by atoms with Gasteiger partial charge in [0.05, 0.1) is 11.7 Å². The van der Waals surface area contributed by atoms with Crippen LogP contribution in [-0.4, -0.2) is 42.6 Å². The van der Waals surface area contributed by atoms with Crippen molar-refractivity contribution in [3.63, 3.8) is 0 Å². The van der Waals surface area contributed by atoms with E-state index in [0.717, 1.165) is 5.56 Å². The number of piperidine rings is 1. The van der Waals surface area contributed by atoms with Gasteiger partial charge in [-0.25, -0.2) is 12.7 Å². The van der Waals surface area contributed by atoms with Crippen molar-refractivity contribution in [1.29, 1.82) is 0 Å². The van der Waals surface area contributed by atoms with Crippen LogP contribution >= 0.6 is 12.2 Å². The van der Waals surface area contributed by atoms with Gasteiger partial charge in [0.25, 0.3) is 0 Å². The molecule has 3 N–H and O–H groups in total. The number of amides is 1. The van der Waals surface area contributed by atoms with Gasteiger partial charge in [0.1, 0.15) is 0 Å². The Hall–Kier alpha value is -1.71. The molecule has 0 bridgehead atoms. The van der Waals surface area contributed by atoms with Crippen LogP contribution in [0, 0.1) is 12.8 Å². The minimum atomic E-state index is -3.27. The maximum Gasteiger partial charge on any atom is 0.242 e. The lowest BCUT2D eigenvalue weighted by atomic mass is 9.99. The molecule has 1 aliphatic heterocycles. The van der Waals surface area contributed by atoms with Crippen molar-refractivity contribution in [2.75, 3.05) is 18.8 Å². The molecule has 1 aromatic carbocycles. The topological polar surface area (TPSA) is 90.5 Å². The maximum atomic E-state index is 12.3. The van der Waals surface area contributed by atoms with Crippen molar-refractivity contribution in [2.45, 2.75) is 33.2 Å². The van der Waals surface area contributed by atoms with Crippen LogP contribution in [0.2, 0.25) is 0 Å². The summed E-state index contributed by atoms with van der Waals surface area (Å²) in [6.07, 6.45) is 1.33. The average Bonchev–Trinajstić information content (AvgIpc) is 2.65. The number of nitrogens with one attached hydrogen (secondary N) is 3. The summed E-state index contributed by atoms with van der Waals surface area (Å²) in [5.74, 6) is -0.579. The van der Waals surface area contributed by atoms with Crippen LogP contribution < -0.4 is 16.2 Å². The molecule has 1 heterocycles. The molecular formula is C17H26N4O3S2. The number of hydrazine groups is 1. The number of thiocarbonyl (C=S) groups is 1. The van der Waals surface area contributed by atoms with Crippen molar-refractivity contribution < 1.29 is 13.2 Å². The fourth-order valence-corrected chi connectivity index (χ4v) is 4.05. The van der Waals surface area contributed by atoms with Gasteiger partial charge in [0.15, 0.2) is 5.11 Å². The predicted molar refractivity (Wildman–Crippen MR) is 106 cm³/mol. The Labute approximate surface area is 160 Å². The van der Waals surface area contributed by atoms with E-state index in [1.54, 1.807) is 6.92 Å². The van der Waals surface area contributed by atoms with E-state index in [1.165, 1.54) is 9.87 Å². The molecule has 9 heteroatoms. The van der Waals surface area contributed by atoms with Crippen LogP contribution in [0.15, 0.2) is 24.3 Å². The van der Waals surface area contributed by atoms with Crippen LogP contribution in [0.5, 0.6) is 0 Å². The molecule has 1 amide bonds. The molecule has 0 aliphatic carbocycles. The number of hydrogen-bond acceptors (Lipinski definition) is 4. The zero-order chi connectivity index (χ0) is 19.2. The van der Waals surface area contributed by atoms with Gasteiger partial charge in [-0.05, 0) is 44.5 Å². The van der Waals surface area contributed by atoms with Gasteiger partial charge >= 0.3 is 0 Å². The van der Waals surface area contributed by atoms with Gasteiger partial charge in [0, 0.05) is 19.6 Å². The van der Waals surface area contributed by atoms with Crippen molar-refractivity contribution in [3.8, 4) is 0 Å². The molecule has 1 atom stereocenters. The van der Waals surface area contributed by atoms with Gasteiger partial charge in [0.2, 0.25) is 15.9 Å². The Bertz CT molecular complexity index is 735. The highest BCUT2D eigenvalue weighted by Crippen LogP contribution is 2.19. The van der Waals surface area contributed by atoms with Crippen molar-refractivity contribution in [2.24, 2.45) is 5.92 Å². The van der Waals surface area contributed by atoms with Gasteiger partial charge in [-0.2, -0.15) is 0 Å². The van der Waals surface area contributed by atoms with Crippen molar-refractivity contribution >= 4 is 33.3 Å². The second kappa shape index (κ2) is 9.29. The summed E-state index contributed by atoms with van der Waals surface area (Å²) in [4.78, 5) is 12.3. The molecule has 0 spiro atoms. The first-order chi connectivity index (χ1) is 12.3. The summed E-state index contributed by atoms with van der Waals surface area (Å²) < 4.78 is 25.4. The lowest BCUT2D eigenvalue weighted by Crippen LogP contribution is -2.52. The minimum absolute atomic E-state index is 0.0482. The first kappa shape index (κ1) is 20.6. The SMILES string of the molecule is CCS(=O)(=O)N1CCC[C@H](C(=O)NNC(=S)NCc2ccc(C)cc2)C1. The second-order valence-corrected chi connectivity index (χ2v) is 9.05. The summed E-state index contributed by atoms with van der Waals surface area (Å²) in [6.45, 7) is 4.88. The summed E-state index contributed by atoms with van der Waals surface area (Å²) >= 11 is 5.16. The number of benzene rings is 1. The first-order valence-electron chi connectivity index (χ1n) is 8.69. The fourth-order valence-electron chi connectivity index (χ4n) is 2.74. The van der Waals surface area contributed by atoms with Crippen molar-refractivity contribution in [1.82, 2.24) is 20.5 Å². The van der Waals surface area contributed by atoms with Gasteiger partial charge < -0.3 is 5.32 Å². The predicted octanol–water partition coefficient (Wildman–Crippen LogP) is 1.05. The molecule has 2 rings (SSSR count). The Morgan fingerprint density at radius 1 is 1.27 bits per heavy atom. The molecule has 1 saturated heterocycles. The largest absolute Gasteiger partial charge is 0.357 e. The van der Waals surface area contributed by atoms with E-state index in [1.807, 2.05) is 31.2 Å². The summed E-state index contributed by atoms with van der Waals surface area (Å²) in [5.41, 5.74) is 7.53. The van der Waals surface area contributed by atoms with Gasteiger partial charge in [-0.1, -0.05) is 29.8 Å². The Balaban J connectivity index is 1.76. The second-order valence-electron chi connectivity index (χ2n) is 6.38. The maximum absolute atomic E-state index is 12.3. The lowest BCUT2D eigenvalue weighted by molar-refractivity contribution is -0.126. The monoisotopic (exact) mass is 398 g/mol. The third-order valence-electron chi connectivity index (χ3n) is 4.39. The zero-order valence-corrected chi connectivity index (χ0v) is 16.8. The van der Waals surface area contributed by atoms with E-state index in [9.17, 15) is 13.2 Å². The number of sulfonamides is 1. The number of aryl methyl sites for hydroxylation is 1. The van der Waals surface area contributed by atoms with E-state index in [0.29, 0.717) is 31.0 Å². The van der Waals surface area contributed by atoms with Crippen molar-refractivity contribution in [3.05, 3.63) is 35.4 Å². The number of hydrogen-bond donors (Lipinski definition) is 3. The molecule has 0 saturated carbocycles. The standard InChI is InChI=1S/C17H26N4O3S2/c1-3-26(23,24)21-10-4-5-15(12-21)16(22)19-20-17(25)18-11-14-8-6-13(2)7-9-14/h6-9,15H,3-5,10-12H2,1-2H3,(H,19,22)(H2,18,20,25)/t15-/m0/s1. The van der Waals surface area contributed by atoms with Gasteiger partial charge in [-0.15, -0.1) is 0 Å². The van der Waals surface area contributed by atoms with Crippen LogP contribution in [0.4, 0.5) is 0 Å². The normalized spacial score (nSPS) is 18.2. The summed E-state index contributed by atoms with van der Waals surface area (Å²) in [6, 6.07) is 8.06. The first-order valence-corrected chi connectivity index (χ1v) is 10.7. The minimum Gasteiger partial charge on any atom is -0.357 e. The molecule has 0 radical (unpaired) electrons. The number of rotatable bonds is 5. The summed E-state index contributed by atoms with van der Waals surface area (Å²) in [5, 5.41) is 3.33. The van der Waals surface area contributed by atoms with E-state index in [-0.39, 0.29) is 24.1 Å². The Morgan fingerprint density at radius 2 is 1.96 bits per heavy atom. The molecule has 7 nitrogen and oxygen atoms in total. The van der Waals surface area contributed by atoms with E-state index >= 15 is 0 Å². The number of carbonyl (C=O) groups is 1. The lowest BCUT2D eigenvalue weighted by Gasteiger charge is -2.30. The van der Waals surface area contributed by atoms with Crippen LogP contribution in [0.3, 0.4) is 0 Å². The Kier molecular flexibility index (Phi) is 7.36. The molecular weight excluding hydrogens is 372 g/mol. The third kappa shape index (κ3) is 5.93. The molecule has 1 aliphatic rings. The molecule has 144 valence electrons. The smallest absolute Gasteiger partial charge is 0.242 e. The average molecular weight is 399 g/mol. The summed E-state index contributed by atoms with van der Waals surface area (Å²) in [7, 11) is -3.27. The third-order valence-corrected chi connectivity index (χ3v) is 6.48. The highest BCUT2D eigenvalue weighted by Gasteiger charge is 2.31. The Morgan fingerprint density at radius 3 is 2.62 bits per heavy atom.